The Morgan fingerprint density at radius 2 is 2.06 bits per heavy atom. The molecule has 2 rings (SSSR count). The van der Waals surface area contributed by atoms with Gasteiger partial charge in [0.2, 0.25) is 0 Å². The van der Waals surface area contributed by atoms with Gasteiger partial charge in [0.1, 0.15) is 17.2 Å². The molecule has 0 saturated carbocycles. The molecule has 0 unspecified atom stereocenters. The lowest BCUT2D eigenvalue weighted by molar-refractivity contribution is 0.0995. The summed E-state index contributed by atoms with van der Waals surface area (Å²) in [6.45, 7) is 3.77. The molecule has 2 heterocycles. The Morgan fingerprint density at radius 1 is 1.28 bits per heavy atom. The van der Waals surface area contributed by atoms with Crippen molar-refractivity contribution in [1.29, 1.82) is 0 Å². The van der Waals surface area contributed by atoms with Crippen molar-refractivity contribution in [1.82, 2.24) is 9.97 Å². The number of nitrogens with two attached hydrogens (primary N) is 1. The molecule has 5 heteroatoms. The maximum atomic E-state index is 11.0. The summed E-state index contributed by atoms with van der Waals surface area (Å²) < 4.78 is 5.64. The molecule has 0 radical (unpaired) electrons. The first-order chi connectivity index (χ1) is 8.56. The summed E-state index contributed by atoms with van der Waals surface area (Å²) in [7, 11) is 0. The average Bonchev–Trinajstić information content (AvgIpc) is 2.33. The molecule has 0 spiro atoms. The van der Waals surface area contributed by atoms with E-state index in [0.29, 0.717) is 11.5 Å². The van der Waals surface area contributed by atoms with Crippen LogP contribution in [0, 0.1) is 13.8 Å². The minimum absolute atomic E-state index is 0.172. The van der Waals surface area contributed by atoms with Gasteiger partial charge >= 0.3 is 0 Å². The smallest absolute Gasteiger partial charge is 0.267 e. The largest absolute Gasteiger partial charge is 0.455 e. The molecule has 5 nitrogen and oxygen atoms in total. The summed E-state index contributed by atoms with van der Waals surface area (Å²) in [6, 6.07) is 6.86. The number of nitrogens with zero attached hydrogens (tertiary/aromatic N) is 2. The molecule has 0 atom stereocenters. The predicted octanol–water partition coefficient (Wildman–Crippen LogP) is 1.98. The van der Waals surface area contributed by atoms with Crippen molar-refractivity contribution in [3.63, 3.8) is 0 Å². The lowest BCUT2D eigenvalue weighted by atomic mass is 10.3. The Kier molecular flexibility index (Phi) is 3.23. The summed E-state index contributed by atoms with van der Waals surface area (Å²) >= 11 is 0. The van der Waals surface area contributed by atoms with Crippen LogP contribution in [-0.2, 0) is 0 Å². The molecule has 2 aromatic heterocycles. The van der Waals surface area contributed by atoms with Crippen LogP contribution in [0.1, 0.15) is 21.9 Å². The maximum Gasteiger partial charge on any atom is 0.267 e. The van der Waals surface area contributed by atoms with E-state index in [1.54, 1.807) is 6.07 Å². The SMILES string of the molecule is Cc1ccc(Oc2ccnc(C(N)=O)c2)c(C)n1. The summed E-state index contributed by atoms with van der Waals surface area (Å²) in [5, 5.41) is 0. The zero-order valence-corrected chi connectivity index (χ0v) is 10.2. The molecule has 92 valence electrons. The predicted molar refractivity (Wildman–Crippen MR) is 66.5 cm³/mol. The highest BCUT2D eigenvalue weighted by molar-refractivity contribution is 5.91. The molecule has 0 saturated heterocycles. The molecule has 0 fully saturated rings. The Hall–Kier alpha value is -2.43. The number of rotatable bonds is 3. The first kappa shape index (κ1) is 12.0. The number of hydrogen-bond acceptors (Lipinski definition) is 4. The highest BCUT2D eigenvalue weighted by atomic mass is 16.5. The van der Waals surface area contributed by atoms with Crippen LogP contribution in [0.4, 0.5) is 0 Å². The van der Waals surface area contributed by atoms with E-state index in [1.165, 1.54) is 12.3 Å². The molecule has 2 N–H and O–H groups in total. The van der Waals surface area contributed by atoms with E-state index < -0.39 is 5.91 Å². The van der Waals surface area contributed by atoms with Gasteiger partial charge in [0, 0.05) is 18.0 Å². The third-order valence-corrected chi connectivity index (χ3v) is 2.39. The van der Waals surface area contributed by atoms with Crippen molar-refractivity contribution in [3.8, 4) is 11.5 Å². The van der Waals surface area contributed by atoms with E-state index in [0.717, 1.165) is 11.4 Å². The topological polar surface area (TPSA) is 78.1 Å². The van der Waals surface area contributed by atoms with Crippen molar-refractivity contribution >= 4 is 5.91 Å². The van der Waals surface area contributed by atoms with Gasteiger partial charge in [0.05, 0.1) is 5.69 Å². The normalized spacial score (nSPS) is 10.1. The van der Waals surface area contributed by atoms with Gasteiger partial charge in [-0.1, -0.05) is 0 Å². The van der Waals surface area contributed by atoms with E-state index in [4.69, 9.17) is 10.5 Å². The molecule has 2 aromatic rings. The zero-order valence-electron chi connectivity index (χ0n) is 10.2. The number of aryl methyl sites for hydroxylation is 2. The molecule has 18 heavy (non-hydrogen) atoms. The second-order valence-corrected chi connectivity index (χ2v) is 3.88. The van der Waals surface area contributed by atoms with Crippen LogP contribution in [0.15, 0.2) is 30.5 Å². The Bertz CT molecular complexity index is 597. The van der Waals surface area contributed by atoms with Crippen molar-refractivity contribution < 1.29 is 9.53 Å². The van der Waals surface area contributed by atoms with Crippen molar-refractivity contribution in [2.24, 2.45) is 5.73 Å². The fourth-order valence-corrected chi connectivity index (χ4v) is 1.52. The van der Waals surface area contributed by atoms with Crippen molar-refractivity contribution in [2.45, 2.75) is 13.8 Å². The number of hydrogen-bond donors (Lipinski definition) is 1. The van der Waals surface area contributed by atoms with Gasteiger partial charge in [-0.05, 0) is 32.0 Å². The molecule has 1 amide bonds. The van der Waals surface area contributed by atoms with Crippen LogP contribution in [0.5, 0.6) is 11.5 Å². The van der Waals surface area contributed by atoms with Gasteiger partial charge in [0.25, 0.3) is 5.91 Å². The van der Waals surface area contributed by atoms with Crippen molar-refractivity contribution in [3.05, 3.63) is 47.5 Å². The Balaban J connectivity index is 2.28. The minimum atomic E-state index is -0.584. The fraction of sp³-hybridized carbons (Fsp3) is 0.154. The average molecular weight is 243 g/mol. The first-order valence-electron chi connectivity index (χ1n) is 5.44. The standard InChI is InChI=1S/C13H13N3O2/c1-8-3-4-12(9(2)16-8)18-10-5-6-15-11(7-10)13(14)17/h3-7H,1-2H3,(H2,14,17). The summed E-state index contributed by atoms with van der Waals surface area (Å²) in [5.74, 6) is 0.564. The molecule has 0 aromatic carbocycles. The molecular weight excluding hydrogens is 230 g/mol. The molecule has 0 aliphatic rings. The van der Waals surface area contributed by atoms with Gasteiger partial charge in [-0.25, -0.2) is 0 Å². The van der Waals surface area contributed by atoms with Gasteiger partial charge < -0.3 is 10.5 Å². The lowest BCUT2D eigenvalue weighted by Gasteiger charge is -2.08. The zero-order chi connectivity index (χ0) is 13.1. The Labute approximate surface area is 105 Å². The summed E-state index contributed by atoms with van der Waals surface area (Å²) in [5.41, 5.74) is 7.04. The van der Waals surface area contributed by atoms with Gasteiger partial charge in [0.15, 0.2) is 0 Å². The number of ether oxygens (including phenoxy) is 1. The van der Waals surface area contributed by atoms with Crippen LogP contribution < -0.4 is 10.5 Å². The van der Waals surface area contributed by atoms with E-state index in [-0.39, 0.29) is 5.69 Å². The van der Waals surface area contributed by atoms with Crippen molar-refractivity contribution in [2.75, 3.05) is 0 Å². The summed E-state index contributed by atoms with van der Waals surface area (Å²) in [6.07, 6.45) is 1.48. The van der Waals surface area contributed by atoms with Gasteiger partial charge in [-0.15, -0.1) is 0 Å². The van der Waals surface area contributed by atoms with E-state index in [1.807, 2.05) is 26.0 Å². The second kappa shape index (κ2) is 4.83. The minimum Gasteiger partial charge on any atom is -0.455 e. The third-order valence-electron chi connectivity index (χ3n) is 2.39. The lowest BCUT2D eigenvalue weighted by Crippen LogP contribution is -2.12. The highest BCUT2D eigenvalue weighted by Crippen LogP contribution is 2.23. The number of pyridine rings is 2. The van der Waals surface area contributed by atoms with Crippen LogP contribution in [0.3, 0.4) is 0 Å². The number of carbonyl (C=O) groups is 1. The molecular formula is C13H13N3O2. The monoisotopic (exact) mass is 243 g/mol. The van der Waals surface area contributed by atoms with E-state index in [2.05, 4.69) is 9.97 Å². The molecule has 0 bridgehead atoms. The first-order valence-corrected chi connectivity index (χ1v) is 5.44. The molecule has 0 aliphatic carbocycles. The van der Waals surface area contributed by atoms with Gasteiger partial charge in [-0.3, -0.25) is 14.8 Å². The van der Waals surface area contributed by atoms with Crippen LogP contribution >= 0.6 is 0 Å². The number of aromatic nitrogens is 2. The van der Waals surface area contributed by atoms with E-state index >= 15 is 0 Å². The fourth-order valence-electron chi connectivity index (χ4n) is 1.52. The second-order valence-electron chi connectivity index (χ2n) is 3.88. The highest BCUT2D eigenvalue weighted by Gasteiger charge is 2.06. The number of carbonyl (C=O) groups excluding carboxylic acids is 1. The number of amides is 1. The quantitative estimate of drug-likeness (QED) is 0.894. The Morgan fingerprint density at radius 3 is 2.72 bits per heavy atom. The number of primary amides is 1. The third kappa shape index (κ3) is 2.63. The van der Waals surface area contributed by atoms with E-state index in [9.17, 15) is 4.79 Å². The van der Waals surface area contributed by atoms with Gasteiger partial charge in [-0.2, -0.15) is 0 Å². The maximum absolute atomic E-state index is 11.0. The summed E-state index contributed by atoms with van der Waals surface area (Å²) in [4.78, 5) is 19.2. The van der Waals surface area contributed by atoms with Crippen LogP contribution in [0.2, 0.25) is 0 Å². The molecule has 0 aliphatic heterocycles. The van der Waals surface area contributed by atoms with Crippen LogP contribution in [0.25, 0.3) is 0 Å². The van der Waals surface area contributed by atoms with Crippen LogP contribution in [-0.4, -0.2) is 15.9 Å².